The van der Waals surface area contributed by atoms with Gasteiger partial charge in [-0.1, -0.05) is 26.2 Å². The van der Waals surface area contributed by atoms with Crippen molar-refractivity contribution in [1.82, 2.24) is 4.90 Å². The number of piperidine rings is 1. The molecule has 1 saturated heterocycles. The molecule has 0 radical (unpaired) electrons. The predicted octanol–water partition coefficient (Wildman–Crippen LogP) is 2.64. The second-order valence-electron chi connectivity index (χ2n) is 6.04. The quantitative estimate of drug-likeness (QED) is 0.679. The zero-order valence-corrected chi connectivity index (χ0v) is 12.6. The maximum atomic E-state index is 6.05. The molecule has 0 aliphatic carbocycles. The Hall–Kier alpha value is -0.120. The molecule has 1 fully saturated rings. The Bertz CT molecular complexity index is 215. The zero-order valence-electron chi connectivity index (χ0n) is 12.6. The number of methoxy groups -OCH3 is 1. The predicted molar refractivity (Wildman–Crippen MR) is 77.8 cm³/mol. The molecular weight excluding hydrogens is 224 g/mol. The van der Waals surface area contributed by atoms with Gasteiger partial charge in [-0.15, -0.1) is 0 Å². The summed E-state index contributed by atoms with van der Waals surface area (Å²) < 4.78 is 5.26. The van der Waals surface area contributed by atoms with Crippen LogP contribution < -0.4 is 5.73 Å². The van der Waals surface area contributed by atoms with Crippen LogP contribution in [0.1, 0.15) is 52.4 Å². The summed E-state index contributed by atoms with van der Waals surface area (Å²) in [6.45, 7) is 8.69. The molecule has 0 aromatic carbocycles. The van der Waals surface area contributed by atoms with E-state index in [9.17, 15) is 0 Å². The number of likely N-dealkylation sites (tertiary alicyclic amines) is 1. The molecule has 3 nitrogen and oxygen atoms in total. The van der Waals surface area contributed by atoms with E-state index in [0.717, 1.165) is 19.1 Å². The minimum atomic E-state index is 0.215. The van der Waals surface area contributed by atoms with E-state index in [-0.39, 0.29) is 5.54 Å². The summed E-state index contributed by atoms with van der Waals surface area (Å²) in [6, 6.07) is 0. The summed E-state index contributed by atoms with van der Waals surface area (Å²) in [7, 11) is 1.81. The third-order valence-electron chi connectivity index (χ3n) is 4.54. The van der Waals surface area contributed by atoms with Crippen molar-refractivity contribution in [3.8, 4) is 0 Å². The first-order chi connectivity index (χ1) is 8.66. The highest BCUT2D eigenvalue weighted by atomic mass is 16.5. The number of hydrogen-bond acceptors (Lipinski definition) is 3. The second-order valence-corrected chi connectivity index (χ2v) is 6.04. The lowest BCUT2D eigenvalue weighted by atomic mass is 9.88. The third kappa shape index (κ3) is 4.52. The Morgan fingerprint density at radius 2 is 1.94 bits per heavy atom. The molecule has 0 aromatic heterocycles. The molecule has 18 heavy (non-hydrogen) atoms. The maximum Gasteiger partial charge on any atom is 0.0491 e. The average Bonchev–Trinajstić information content (AvgIpc) is 2.40. The molecule has 1 atom stereocenters. The molecule has 1 aliphatic rings. The standard InChI is InChI=1S/C15H32N2O/c1-4-5-6-9-15(2,13-16)17-10-7-14(8-11-17)12-18-3/h14H,4-13,16H2,1-3H3. The summed E-state index contributed by atoms with van der Waals surface area (Å²) in [4.78, 5) is 2.62. The molecule has 3 heteroatoms. The van der Waals surface area contributed by atoms with Gasteiger partial charge in [0, 0.05) is 25.8 Å². The fraction of sp³-hybridized carbons (Fsp3) is 1.00. The molecule has 1 aliphatic heterocycles. The highest BCUT2D eigenvalue weighted by Crippen LogP contribution is 2.27. The van der Waals surface area contributed by atoms with Gasteiger partial charge in [0.25, 0.3) is 0 Å². The number of nitrogens with two attached hydrogens (primary N) is 1. The number of rotatable bonds is 8. The molecule has 1 rings (SSSR count). The van der Waals surface area contributed by atoms with Crippen LogP contribution in [0.25, 0.3) is 0 Å². The van der Waals surface area contributed by atoms with Gasteiger partial charge in [0.15, 0.2) is 0 Å². The van der Waals surface area contributed by atoms with Gasteiger partial charge in [0.1, 0.15) is 0 Å². The van der Waals surface area contributed by atoms with E-state index in [0.29, 0.717) is 0 Å². The zero-order chi connectivity index (χ0) is 13.4. The Kier molecular flexibility index (Phi) is 7.20. The molecule has 0 amide bonds. The average molecular weight is 256 g/mol. The van der Waals surface area contributed by atoms with Crippen LogP contribution in [-0.4, -0.2) is 43.8 Å². The number of unbranched alkanes of at least 4 members (excludes halogenated alkanes) is 2. The van der Waals surface area contributed by atoms with Gasteiger partial charge in [0.05, 0.1) is 0 Å². The Balaban J connectivity index is 2.41. The van der Waals surface area contributed by atoms with Crippen LogP contribution >= 0.6 is 0 Å². The molecule has 0 bridgehead atoms. The number of nitrogens with zero attached hydrogens (tertiary/aromatic N) is 1. The minimum absolute atomic E-state index is 0.215. The van der Waals surface area contributed by atoms with Gasteiger partial charge in [-0.2, -0.15) is 0 Å². The third-order valence-corrected chi connectivity index (χ3v) is 4.54. The van der Waals surface area contributed by atoms with E-state index in [4.69, 9.17) is 10.5 Å². The molecule has 0 spiro atoms. The van der Waals surface area contributed by atoms with Gasteiger partial charge in [0.2, 0.25) is 0 Å². The van der Waals surface area contributed by atoms with E-state index in [1.165, 1.54) is 51.6 Å². The fourth-order valence-corrected chi connectivity index (χ4v) is 3.02. The smallest absolute Gasteiger partial charge is 0.0491 e. The maximum absolute atomic E-state index is 6.05. The molecule has 108 valence electrons. The largest absolute Gasteiger partial charge is 0.384 e. The normalized spacial score (nSPS) is 22.0. The lowest BCUT2D eigenvalue weighted by Gasteiger charge is -2.44. The van der Waals surface area contributed by atoms with Gasteiger partial charge in [-0.25, -0.2) is 0 Å². The van der Waals surface area contributed by atoms with Gasteiger partial charge < -0.3 is 10.5 Å². The first-order valence-corrected chi connectivity index (χ1v) is 7.60. The summed E-state index contributed by atoms with van der Waals surface area (Å²) >= 11 is 0. The van der Waals surface area contributed by atoms with Crippen molar-refractivity contribution in [2.45, 2.75) is 57.9 Å². The van der Waals surface area contributed by atoms with Crippen LogP contribution in [0.5, 0.6) is 0 Å². The summed E-state index contributed by atoms with van der Waals surface area (Å²) in [5.74, 6) is 0.754. The van der Waals surface area contributed by atoms with Crippen LogP contribution in [0.3, 0.4) is 0 Å². The van der Waals surface area contributed by atoms with Gasteiger partial charge >= 0.3 is 0 Å². The first kappa shape index (κ1) is 15.9. The lowest BCUT2D eigenvalue weighted by molar-refractivity contribution is 0.0370. The second kappa shape index (κ2) is 8.13. The monoisotopic (exact) mass is 256 g/mol. The highest BCUT2D eigenvalue weighted by molar-refractivity contribution is 4.90. The Morgan fingerprint density at radius 3 is 2.44 bits per heavy atom. The number of hydrogen-bond donors (Lipinski definition) is 1. The number of ether oxygens (including phenoxy) is 1. The summed E-state index contributed by atoms with van der Waals surface area (Å²) in [6.07, 6.45) is 7.69. The van der Waals surface area contributed by atoms with Crippen LogP contribution in [0.15, 0.2) is 0 Å². The van der Waals surface area contributed by atoms with Crippen molar-refractivity contribution < 1.29 is 4.74 Å². The first-order valence-electron chi connectivity index (χ1n) is 7.60. The molecular formula is C15H32N2O. The Labute approximate surface area is 113 Å². The topological polar surface area (TPSA) is 38.5 Å². The van der Waals surface area contributed by atoms with Crippen molar-refractivity contribution in [1.29, 1.82) is 0 Å². The Morgan fingerprint density at radius 1 is 1.28 bits per heavy atom. The molecule has 2 N–H and O–H groups in total. The SMILES string of the molecule is CCCCCC(C)(CN)N1CCC(COC)CC1. The van der Waals surface area contributed by atoms with E-state index in [1.807, 2.05) is 0 Å². The molecule has 1 unspecified atom stereocenters. The van der Waals surface area contributed by atoms with Crippen LogP contribution in [0, 0.1) is 5.92 Å². The van der Waals surface area contributed by atoms with Gasteiger partial charge in [-0.05, 0) is 45.2 Å². The van der Waals surface area contributed by atoms with Crippen molar-refractivity contribution in [3.63, 3.8) is 0 Å². The van der Waals surface area contributed by atoms with E-state index in [1.54, 1.807) is 7.11 Å². The van der Waals surface area contributed by atoms with Crippen LogP contribution in [-0.2, 0) is 4.74 Å². The molecule has 0 saturated carbocycles. The molecule has 0 aromatic rings. The summed E-state index contributed by atoms with van der Waals surface area (Å²) in [5, 5.41) is 0. The van der Waals surface area contributed by atoms with E-state index < -0.39 is 0 Å². The fourth-order valence-electron chi connectivity index (χ4n) is 3.02. The minimum Gasteiger partial charge on any atom is -0.384 e. The lowest BCUT2D eigenvalue weighted by Crippen LogP contribution is -2.54. The van der Waals surface area contributed by atoms with Crippen molar-refractivity contribution in [3.05, 3.63) is 0 Å². The summed E-state index contributed by atoms with van der Waals surface area (Å²) in [5.41, 5.74) is 6.26. The van der Waals surface area contributed by atoms with Gasteiger partial charge in [-0.3, -0.25) is 4.90 Å². The van der Waals surface area contributed by atoms with Crippen molar-refractivity contribution in [2.75, 3.05) is 33.4 Å². The van der Waals surface area contributed by atoms with Crippen molar-refractivity contribution in [2.24, 2.45) is 11.7 Å². The van der Waals surface area contributed by atoms with E-state index in [2.05, 4.69) is 18.7 Å². The highest BCUT2D eigenvalue weighted by Gasteiger charge is 2.32. The van der Waals surface area contributed by atoms with E-state index >= 15 is 0 Å². The van der Waals surface area contributed by atoms with Crippen LogP contribution in [0.4, 0.5) is 0 Å². The molecule has 1 heterocycles. The van der Waals surface area contributed by atoms with Crippen LogP contribution in [0.2, 0.25) is 0 Å². The van der Waals surface area contributed by atoms with Crippen molar-refractivity contribution >= 4 is 0 Å².